The number of halogens is 1. The molecule has 1 N–H and O–H groups in total. The standard InChI is InChI=1S/C25H22ClNO5/c1-4-31-18-7-5-6-16(12-18)23(28)21-22(20-11-9-15(3)32-20)27(25(30)24(21)29)17-10-8-14(2)19(26)13-17/h5-13,22,28H,4H2,1-3H3/b23-21-. The van der Waals surface area contributed by atoms with Gasteiger partial charge in [-0.3, -0.25) is 14.5 Å². The molecule has 2 heterocycles. The molecular weight excluding hydrogens is 430 g/mol. The highest BCUT2D eigenvalue weighted by molar-refractivity contribution is 6.51. The van der Waals surface area contributed by atoms with Gasteiger partial charge in [-0.1, -0.05) is 29.8 Å². The van der Waals surface area contributed by atoms with Crippen LogP contribution < -0.4 is 9.64 Å². The maximum absolute atomic E-state index is 13.1. The Labute approximate surface area is 190 Å². The third kappa shape index (κ3) is 3.78. The summed E-state index contributed by atoms with van der Waals surface area (Å²) < 4.78 is 11.3. The van der Waals surface area contributed by atoms with Crippen molar-refractivity contribution in [3.8, 4) is 5.75 Å². The number of carbonyl (C=O) groups excluding carboxylic acids is 2. The summed E-state index contributed by atoms with van der Waals surface area (Å²) in [5, 5.41) is 11.6. The topological polar surface area (TPSA) is 80.0 Å². The molecule has 1 atom stereocenters. The molecule has 1 amide bonds. The molecule has 3 aromatic rings. The van der Waals surface area contributed by atoms with Crippen LogP contribution in [-0.2, 0) is 9.59 Å². The summed E-state index contributed by atoms with van der Waals surface area (Å²) in [5.41, 5.74) is 1.58. The molecule has 1 saturated heterocycles. The predicted molar refractivity (Wildman–Crippen MR) is 122 cm³/mol. The molecule has 1 fully saturated rings. The Balaban J connectivity index is 1.91. The number of carbonyl (C=O) groups is 2. The van der Waals surface area contributed by atoms with Crippen molar-refractivity contribution in [1.29, 1.82) is 0 Å². The number of aliphatic hydroxyl groups excluding tert-OH is 1. The minimum absolute atomic E-state index is 0.0605. The van der Waals surface area contributed by atoms with Crippen LogP contribution in [0.2, 0.25) is 5.02 Å². The zero-order valence-corrected chi connectivity index (χ0v) is 18.6. The molecule has 0 radical (unpaired) electrons. The highest BCUT2D eigenvalue weighted by Gasteiger charge is 2.48. The first-order valence-electron chi connectivity index (χ1n) is 10.2. The fraction of sp³-hybridized carbons (Fsp3) is 0.200. The molecule has 4 rings (SSSR count). The number of aliphatic hydroxyl groups is 1. The van der Waals surface area contributed by atoms with Crippen LogP contribution in [-0.4, -0.2) is 23.4 Å². The van der Waals surface area contributed by atoms with E-state index in [4.69, 9.17) is 20.8 Å². The molecule has 164 valence electrons. The van der Waals surface area contributed by atoms with Gasteiger partial charge in [0.1, 0.15) is 29.1 Å². The van der Waals surface area contributed by atoms with Crippen molar-refractivity contribution in [2.24, 2.45) is 0 Å². The average molecular weight is 452 g/mol. The molecule has 0 spiro atoms. The van der Waals surface area contributed by atoms with Gasteiger partial charge in [-0.05, 0) is 62.7 Å². The van der Waals surface area contributed by atoms with Crippen molar-refractivity contribution in [3.63, 3.8) is 0 Å². The summed E-state index contributed by atoms with van der Waals surface area (Å²) in [6.45, 7) is 5.92. The van der Waals surface area contributed by atoms with Crippen LogP contribution in [0.3, 0.4) is 0 Å². The quantitative estimate of drug-likeness (QED) is 0.311. The Morgan fingerprint density at radius 3 is 2.56 bits per heavy atom. The molecule has 0 bridgehead atoms. The van der Waals surface area contributed by atoms with Crippen molar-refractivity contribution < 1.29 is 23.8 Å². The van der Waals surface area contributed by atoms with E-state index in [1.54, 1.807) is 61.5 Å². The third-order valence-electron chi connectivity index (χ3n) is 5.33. The van der Waals surface area contributed by atoms with E-state index in [0.29, 0.717) is 40.2 Å². The van der Waals surface area contributed by atoms with Crippen LogP contribution in [0.1, 0.15) is 35.6 Å². The van der Waals surface area contributed by atoms with Gasteiger partial charge >= 0.3 is 0 Å². The first kappa shape index (κ1) is 21.7. The number of hydrogen-bond donors (Lipinski definition) is 1. The van der Waals surface area contributed by atoms with Gasteiger partial charge in [-0.25, -0.2) is 0 Å². The first-order chi connectivity index (χ1) is 15.3. The van der Waals surface area contributed by atoms with Gasteiger partial charge in [0, 0.05) is 16.3 Å². The normalized spacial score (nSPS) is 17.8. The maximum atomic E-state index is 13.1. The fourth-order valence-electron chi connectivity index (χ4n) is 3.76. The number of benzene rings is 2. The van der Waals surface area contributed by atoms with E-state index in [-0.39, 0.29) is 11.3 Å². The van der Waals surface area contributed by atoms with Crippen molar-refractivity contribution in [1.82, 2.24) is 0 Å². The highest BCUT2D eigenvalue weighted by Crippen LogP contribution is 2.43. The van der Waals surface area contributed by atoms with E-state index in [9.17, 15) is 14.7 Å². The van der Waals surface area contributed by atoms with Crippen LogP contribution >= 0.6 is 11.6 Å². The molecule has 2 aromatic carbocycles. The maximum Gasteiger partial charge on any atom is 0.300 e. The molecule has 1 aromatic heterocycles. The van der Waals surface area contributed by atoms with E-state index in [2.05, 4.69) is 0 Å². The summed E-state index contributed by atoms with van der Waals surface area (Å²) in [7, 11) is 0. The second-order valence-corrected chi connectivity index (χ2v) is 7.92. The Morgan fingerprint density at radius 1 is 1.12 bits per heavy atom. The number of Topliss-reactive ketones (excluding diaryl/α,β-unsaturated/α-hetero) is 1. The van der Waals surface area contributed by atoms with E-state index < -0.39 is 17.7 Å². The number of furan rings is 1. The number of aryl methyl sites for hydroxylation is 2. The van der Waals surface area contributed by atoms with Crippen molar-refractivity contribution in [2.45, 2.75) is 26.8 Å². The lowest BCUT2D eigenvalue weighted by atomic mass is 9.99. The zero-order valence-electron chi connectivity index (χ0n) is 17.9. The van der Waals surface area contributed by atoms with Gasteiger partial charge in [0.15, 0.2) is 0 Å². The Morgan fingerprint density at radius 2 is 1.91 bits per heavy atom. The van der Waals surface area contributed by atoms with Crippen LogP contribution in [0, 0.1) is 13.8 Å². The van der Waals surface area contributed by atoms with Crippen LogP contribution in [0.4, 0.5) is 5.69 Å². The van der Waals surface area contributed by atoms with E-state index in [0.717, 1.165) is 5.56 Å². The van der Waals surface area contributed by atoms with E-state index >= 15 is 0 Å². The zero-order chi connectivity index (χ0) is 23.0. The largest absolute Gasteiger partial charge is 0.507 e. The lowest BCUT2D eigenvalue weighted by Crippen LogP contribution is -2.29. The predicted octanol–water partition coefficient (Wildman–Crippen LogP) is 5.57. The Hall–Kier alpha value is -3.51. The minimum Gasteiger partial charge on any atom is -0.507 e. The summed E-state index contributed by atoms with van der Waals surface area (Å²) in [6.07, 6.45) is 0. The Bertz CT molecular complexity index is 1240. The molecule has 32 heavy (non-hydrogen) atoms. The molecule has 6 nitrogen and oxygen atoms in total. The molecular formula is C25H22ClNO5. The van der Waals surface area contributed by atoms with Gasteiger partial charge in [-0.15, -0.1) is 0 Å². The number of ether oxygens (including phenoxy) is 1. The third-order valence-corrected chi connectivity index (χ3v) is 5.73. The summed E-state index contributed by atoms with van der Waals surface area (Å²) in [5.74, 6) is -0.357. The number of rotatable bonds is 5. The summed E-state index contributed by atoms with van der Waals surface area (Å²) in [4.78, 5) is 27.6. The van der Waals surface area contributed by atoms with Gasteiger partial charge in [0.25, 0.3) is 11.7 Å². The highest BCUT2D eigenvalue weighted by atomic mass is 35.5. The lowest BCUT2D eigenvalue weighted by Gasteiger charge is -2.24. The van der Waals surface area contributed by atoms with Gasteiger partial charge in [0.2, 0.25) is 0 Å². The molecule has 0 saturated carbocycles. The number of hydrogen-bond acceptors (Lipinski definition) is 5. The molecule has 0 aliphatic carbocycles. The smallest absolute Gasteiger partial charge is 0.300 e. The van der Waals surface area contributed by atoms with Crippen LogP contribution in [0.15, 0.2) is 64.6 Å². The van der Waals surface area contributed by atoms with E-state index in [1.165, 1.54) is 4.90 Å². The molecule has 7 heteroatoms. The second kappa shape index (κ2) is 8.55. The average Bonchev–Trinajstić information content (AvgIpc) is 3.31. The Kier molecular flexibility index (Phi) is 5.80. The number of amides is 1. The number of nitrogens with zero attached hydrogens (tertiary/aromatic N) is 1. The van der Waals surface area contributed by atoms with Gasteiger partial charge in [0.05, 0.1) is 12.2 Å². The first-order valence-corrected chi connectivity index (χ1v) is 10.6. The number of ketones is 1. The minimum atomic E-state index is -0.946. The van der Waals surface area contributed by atoms with Crippen LogP contribution in [0.25, 0.3) is 5.76 Å². The van der Waals surface area contributed by atoms with Crippen LogP contribution in [0.5, 0.6) is 5.75 Å². The number of anilines is 1. The SMILES string of the molecule is CCOc1cccc(/C(O)=C2/C(=O)C(=O)N(c3ccc(C)c(Cl)c3)C2c2ccc(C)o2)c1. The van der Waals surface area contributed by atoms with Crippen molar-refractivity contribution in [2.75, 3.05) is 11.5 Å². The van der Waals surface area contributed by atoms with Gasteiger partial charge < -0.3 is 14.3 Å². The second-order valence-electron chi connectivity index (χ2n) is 7.51. The van der Waals surface area contributed by atoms with E-state index in [1.807, 2.05) is 13.8 Å². The van der Waals surface area contributed by atoms with Crippen molar-refractivity contribution in [3.05, 3.63) is 87.8 Å². The summed E-state index contributed by atoms with van der Waals surface area (Å²) >= 11 is 6.29. The lowest BCUT2D eigenvalue weighted by molar-refractivity contribution is -0.132. The molecule has 1 aliphatic heterocycles. The fourth-order valence-corrected chi connectivity index (χ4v) is 3.93. The van der Waals surface area contributed by atoms with Gasteiger partial charge in [-0.2, -0.15) is 0 Å². The van der Waals surface area contributed by atoms with Crippen molar-refractivity contribution >= 4 is 34.7 Å². The summed E-state index contributed by atoms with van der Waals surface area (Å²) in [6, 6.07) is 14.3. The molecule has 1 unspecified atom stereocenters. The monoisotopic (exact) mass is 451 g/mol. The molecule has 1 aliphatic rings.